The van der Waals surface area contributed by atoms with E-state index in [1.807, 2.05) is 0 Å². The maximum absolute atomic E-state index is 11.4. The number of nitrogens with zero attached hydrogens (tertiary/aromatic N) is 1. The van der Waals surface area contributed by atoms with E-state index in [0.29, 0.717) is 11.1 Å². The molecule has 1 aromatic rings. The molecule has 0 fully saturated rings. The van der Waals surface area contributed by atoms with Crippen LogP contribution in [0.15, 0.2) is 24.3 Å². The molecule has 2 rings (SSSR count). The molecule has 1 aliphatic rings. The lowest BCUT2D eigenvalue weighted by Gasteiger charge is -2.23. The highest BCUT2D eigenvalue weighted by atomic mass is 16.5. The van der Waals surface area contributed by atoms with Crippen molar-refractivity contribution in [2.45, 2.75) is 18.9 Å². The Labute approximate surface area is 111 Å². The second-order valence-corrected chi connectivity index (χ2v) is 4.37. The van der Waals surface area contributed by atoms with Crippen molar-refractivity contribution in [3.05, 3.63) is 35.4 Å². The van der Waals surface area contributed by atoms with Gasteiger partial charge in [-0.15, -0.1) is 0 Å². The van der Waals surface area contributed by atoms with Gasteiger partial charge in [0.25, 0.3) is 0 Å². The molecule has 2 unspecified atom stereocenters. The van der Waals surface area contributed by atoms with Crippen molar-refractivity contribution >= 4 is 5.97 Å². The predicted molar refractivity (Wildman–Crippen MR) is 67.7 cm³/mol. The van der Waals surface area contributed by atoms with Gasteiger partial charge in [0.2, 0.25) is 0 Å². The van der Waals surface area contributed by atoms with E-state index in [9.17, 15) is 15.0 Å². The third-order valence-electron chi connectivity index (χ3n) is 3.14. The number of esters is 1. The van der Waals surface area contributed by atoms with E-state index in [4.69, 9.17) is 10.5 Å². The number of carbonyl (C=O) groups is 1. The number of rotatable bonds is 5. The number of benzene rings is 1. The van der Waals surface area contributed by atoms with Crippen LogP contribution in [0.2, 0.25) is 0 Å². The van der Waals surface area contributed by atoms with E-state index in [1.54, 1.807) is 24.3 Å². The van der Waals surface area contributed by atoms with Crippen LogP contribution in [0.1, 0.15) is 30.0 Å². The Morgan fingerprint density at radius 2 is 1.84 bits per heavy atom. The molecule has 0 aromatic heterocycles. The fraction of sp³-hybridized carbons (Fsp3) is 0.462. The first-order chi connectivity index (χ1) is 9.15. The number of ether oxygens (including phenoxy) is 1. The largest absolute Gasteiger partial charge is 0.464 e. The number of fused-ring (bicyclic) bond motifs is 1. The van der Waals surface area contributed by atoms with E-state index >= 15 is 0 Å². The summed E-state index contributed by atoms with van der Waals surface area (Å²) < 4.78 is 4.84. The van der Waals surface area contributed by atoms with Gasteiger partial charge in [-0.05, 0) is 0 Å². The molecule has 0 bridgehead atoms. The van der Waals surface area contributed by atoms with Crippen molar-refractivity contribution in [2.24, 2.45) is 5.73 Å². The van der Waals surface area contributed by atoms with Crippen molar-refractivity contribution in [1.29, 1.82) is 0 Å². The van der Waals surface area contributed by atoms with Crippen LogP contribution in [-0.4, -0.2) is 40.8 Å². The van der Waals surface area contributed by atoms with Gasteiger partial charge in [0.1, 0.15) is 19.1 Å². The van der Waals surface area contributed by atoms with Crippen LogP contribution in [0.4, 0.5) is 0 Å². The molecule has 4 N–H and O–H groups in total. The summed E-state index contributed by atoms with van der Waals surface area (Å²) in [6.45, 7) is 0.691. The van der Waals surface area contributed by atoms with Gasteiger partial charge in [-0.2, -0.15) is 0 Å². The molecule has 19 heavy (non-hydrogen) atoms. The molecule has 0 saturated carbocycles. The Morgan fingerprint density at radius 3 is 2.37 bits per heavy atom. The maximum Gasteiger partial charge on any atom is 0.307 e. The number of aliphatic hydroxyl groups excluding tert-OH is 2. The lowest BCUT2D eigenvalue weighted by atomic mass is 10.1. The van der Waals surface area contributed by atoms with Crippen molar-refractivity contribution in [3.8, 4) is 0 Å². The molecule has 6 heteroatoms. The maximum atomic E-state index is 11.4. The number of hydrogen-bond donors (Lipinski definition) is 3. The fourth-order valence-electron chi connectivity index (χ4n) is 2.18. The third-order valence-corrected chi connectivity index (χ3v) is 3.14. The van der Waals surface area contributed by atoms with Gasteiger partial charge < -0.3 is 20.7 Å². The summed E-state index contributed by atoms with van der Waals surface area (Å²) in [5, 5.41) is 20.2. The Morgan fingerprint density at radius 1 is 1.26 bits per heavy atom. The molecule has 1 heterocycles. The van der Waals surface area contributed by atoms with Crippen LogP contribution in [0.5, 0.6) is 0 Å². The van der Waals surface area contributed by atoms with Crippen LogP contribution in [0.3, 0.4) is 0 Å². The van der Waals surface area contributed by atoms with Crippen molar-refractivity contribution in [3.63, 3.8) is 0 Å². The highest BCUT2D eigenvalue weighted by Crippen LogP contribution is 2.38. The average Bonchev–Trinajstić information content (AvgIpc) is 2.67. The quantitative estimate of drug-likeness (QED) is 0.643. The minimum Gasteiger partial charge on any atom is -0.464 e. The third kappa shape index (κ3) is 2.93. The van der Waals surface area contributed by atoms with E-state index in [0.717, 1.165) is 0 Å². The summed E-state index contributed by atoms with van der Waals surface area (Å²) in [5.74, 6) is -0.388. The molecule has 1 aliphatic heterocycles. The Hall–Kier alpha value is -1.47. The zero-order valence-corrected chi connectivity index (χ0v) is 10.5. The van der Waals surface area contributed by atoms with Gasteiger partial charge >= 0.3 is 5.97 Å². The van der Waals surface area contributed by atoms with E-state index in [-0.39, 0.29) is 32.1 Å². The number of hydrogen-bond acceptors (Lipinski definition) is 6. The molecule has 6 nitrogen and oxygen atoms in total. The molecule has 0 amide bonds. The summed E-state index contributed by atoms with van der Waals surface area (Å²) in [6.07, 6.45) is -1.69. The van der Waals surface area contributed by atoms with Gasteiger partial charge in [-0.3, -0.25) is 4.79 Å². The summed E-state index contributed by atoms with van der Waals surface area (Å²) in [4.78, 5) is 12.8. The smallest absolute Gasteiger partial charge is 0.307 e. The topological polar surface area (TPSA) is 96.0 Å². The number of nitrogens with two attached hydrogens (primary N) is 1. The van der Waals surface area contributed by atoms with Crippen LogP contribution in [-0.2, 0) is 9.53 Å². The number of aliphatic hydroxyl groups is 2. The normalized spacial score (nSPS) is 22.3. The summed E-state index contributed by atoms with van der Waals surface area (Å²) in [7, 11) is 0. The first-order valence-electron chi connectivity index (χ1n) is 6.21. The minimum atomic E-state index is -0.895. The molecule has 0 radical (unpaired) electrons. The van der Waals surface area contributed by atoms with Gasteiger partial charge in [0.05, 0.1) is 6.42 Å². The summed E-state index contributed by atoms with van der Waals surface area (Å²) >= 11 is 0. The molecule has 104 valence electrons. The van der Waals surface area contributed by atoms with Crippen LogP contribution >= 0.6 is 0 Å². The molecule has 1 aromatic carbocycles. The second kappa shape index (κ2) is 6.12. The fourth-order valence-corrected chi connectivity index (χ4v) is 2.18. The lowest BCUT2D eigenvalue weighted by molar-refractivity contribution is -0.146. The molecular formula is C13H18N2O4. The van der Waals surface area contributed by atoms with Gasteiger partial charge in [-0.25, -0.2) is 4.90 Å². The first kappa shape index (κ1) is 14.0. The van der Waals surface area contributed by atoms with Gasteiger partial charge in [0.15, 0.2) is 0 Å². The average molecular weight is 266 g/mol. The standard InChI is InChI=1S/C13H18N2O4/c14-6-8-19-11(16)5-7-15-12(17)9-3-1-2-4-10(9)13(15)18/h1-4,12-13,17-18H,5-8,14H2. The Bertz CT molecular complexity index is 423. The Balaban J connectivity index is 1.94. The minimum absolute atomic E-state index is 0.0993. The Kier molecular flexibility index (Phi) is 4.49. The van der Waals surface area contributed by atoms with Crippen molar-refractivity contribution in [2.75, 3.05) is 19.7 Å². The second-order valence-electron chi connectivity index (χ2n) is 4.37. The molecule has 0 saturated heterocycles. The SMILES string of the molecule is NCCOC(=O)CCN1C(O)c2ccccc2C1O. The lowest BCUT2D eigenvalue weighted by Crippen LogP contribution is -2.29. The van der Waals surface area contributed by atoms with E-state index in [2.05, 4.69) is 0 Å². The molecule has 0 spiro atoms. The van der Waals surface area contributed by atoms with E-state index in [1.165, 1.54) is 4.90 Å². The first-order valence-corrected chi connectivity index (χ1v) is 6.21. The molecule has 0 aliphatic carbocycles. The highest BCUT2D eigenvalue weighted by Gasteiger charge is 2.35. The predicted octanol–water partition coefficient (Wildman–Crippen LogP) is -0.124. The molecular weight excluding hydrogens is 248 g/mol. The van der Waals surface area contributed by atoms with Crippen molar-refractivity contribution < 1.29 is 19.7 Å². The summed E-state index contributed by atoms with van der Waals surface area (Å²) in [6, 6.07) is 7.12. The number of carbonyl (C=O) groups excluding carboxylic acids is 1. The monoisotopic (exact) mass is 266 g/mol. The van der Waals surface area contributed by atoms with Crippen molar-refractivity contribution in [1.82, 2.24) is 4.90 Å². The van der Waals surface area contributed by atoms with E-state index < -0.39 is 12.5 Å². The highest BCUT2D eigenvalue weighted by molar-refractivity contribution is 5.69. The zero-order valence-electron chi connectivity index (χ0n) is 10.5. The van der Waals surface area contributed by atoms with Gasteiger partial charge in [0, 0.05) is 24.2 Å². The van der Waals surface area contributed by atoms with Crippen LogP contribution in [0.25, 0.3) is 0 Å². The van der Waals surface area contributed by atoms with Crippen LogP contribution in [0, 0.1) is 0 Å². The molecule has 2 atom stereocenters. The van der Waals surface area contributed by atoms with Gasteiger partial charge in [-0.1, -0.05) is 24.3 Å². The zero-order chi connectivity index (χ0) is 13.8. The summed E-state index contributed by atoms with van der Waals surface area (Å²) in [5.41, 5.74) is 6.57. The van der Waals surface area contributed by atoms with Crippen LogP contribution < -0.4 is 5.73 Å².